The number of amides is 4. The van der Waals surface area contributed by atoms with Crippen LogP contribution in [0.3, 0.4) is 0 Å². The minimum atomic E-state index is -0.477. The molecule has 2 fully saturated rings. The van der Waals surface area contributed by atoms with Gasteiger partial charge in [-0.2, -0.15) is 5.10 Å². The van der Waals surface area contributed by atoms with Gasteiger partial charge in [0.1, 0.15) is 0 Å². The van der Waals surface area contributed by atoms with E-state index in [2.05, 4.69) is 27.6 Å². The van der Waals surface area contributed by atoms with Gasteiger partial charge in [0, 0.05) is 31.4 Å². The van der Waals surface area contributed by atoms with Crippen molar-refractivity contribution in [3.8, 4) is 0 Å². The van der Waals surface area contributed by atoms with E-state index in [0.29, 0.717) is 24.1 Å². The molecule has 0 aliphatic carbocycles. The van der Waals surface area contributed by atoms with Crippen molar-refractivity contribution < 1.29 is 14.4 Å². The Bertz CT molecular complexity index is 969. The predicted octanol–water partition coefficient (Wildman–Crippen LogP) is 1.83. The monoisotopic (exact) mass is 398 g/mol. The second kappa shape index (κ2) is 7.82. The Morgan fingerprint density at radius 2 is 2.10 bits per heavy atom. The molecular weight excluding hydrogens is 372 g/mol. The Labute approximate surface area is 169 Å². The van der Waals surface area contributed by atoms with E-state index in [1.165, 1.54) is 11.3 Å². The van der Waals surface area contributed by atoms with Gasteiger partial charge >= 0.3 is 6.03 Å². The smallest absolute Gasteiger partial charge is 0.323 e. The molecule has 0 spiro atoms. The van der Waals surface area contributed by atoms with Crippen LogP contribution in [0, 0.1) is 0 Å². The van der Waals surface area contributed by atoms with Crippen LogP contribution in [-0.4, -0.2) is 58.2 Å². The summed E-state index contributed by atoms with van der Waals surface area (Å²) in [6.45, 7) is 3.74. The number of para-hydroxylation sites is 1. The molecule has 154 valence electrons. The summed E-state index contributed by atoms with van der Waals surface area (Å²) in [5.74, 6) is 0.134. The van der Waals surface area contributed by atoms with Crippen molar-refractivity contribution in [3.05, 3.63) is 18.2 Å². The minimum absolute atomic E-state index is 0.0599. The van der Waals surface area contributed by atoms with E-state index in [9.17, 15) is 14.4 Å². The molecular formula is C20H26N6O3. The van der Waals surface area contributed by atoms with Gasteiger partial charge in [-0.05, 0) is 38.4 Å². The van der Waals surface area contributed by atoms with E-state index in [1.807, 2.05) is 18.2 Å². The van der Waals surface area contributed by atoms with Crippen LogP contribution in [0.2, 0.25) is 0 Å². The van der Waals surface area contributed by atoms with Crippen molar-refractivity contribution in [3.63, 3.8) is 0 Å². The molecule has 0 bridgehead atoms. The first-order valence-corrected chi connectivity index (χ1v) is 10.0. The molecule has 1 atom stereocenters. The molecule has 4 rings (SSSR count). The first kappa shape index (κ1) is 19.4. The summed E-state index contributed by atoms with van der Waals surface area (Å²) in [6.07, 6.45) is 3.69. The van der Waals surface area contributed by atoms with E-state index in [-0.39, 0.29) is 24.8 Å². The molecule has 2 N–H and O–H groups in total. The number of carbonyl (C=O) groups excluding carboxylic acids is 3. The van der Waals surface area contributed by atoms with Crippen LogP contribution in [0.15, 0.2) is 18.2 Å². The zero-order valence-electron chi connectivity index (χ0n) is 16.8. The summed E-state index contributed by atoms with van der Waals surface area (Å²) in [5.41, 5.74) is 1.40. The summed E-state index contributed by atoms with van der Waals surface area (Å²) >= 11 is 0. The molecule has 3 heterocycles. The standard InChI is InChI=1S/C20H26N6O3/c1-13-6-3-4-10-25(13)12-17(28)21-15-8-5-7-14-18(15)24(2)23-19(14)26-11-9-16(27)22-20(26)29/h5,7-8,13H,3-4,6,9-12H2,1-2H3,(H,21,28)(H,22,27,29)/t13-/m1/s1. The summed E-state index contributed by atoms with van der Waals surface area (Å²) in [5, 5.41) is 10.6. The first-order valence-electron chi connectivity index (χ1n) is 10.0. The zero-order valence-corrected chi connectivity index (χ0v) is 16.8. The molecule has 2 aromatic rings. The van der Waals surface area contributed by atoms with Crippen LogP contribution < -0.4 is 15.5 Å². The van der Waals surface area contributed by atoms with Gasteiger partial charge in [-0.25, -0.2) is 4.79 Å². The molecule has 9 nitrogen and oxygen atoms in total. The maximum atomic E-state index is 12.7. The number of aromatic nitrogens is 2. The third kappa shape index (κ3) is 3.82. The average molecular weight is 398 g/mol. The number of hydrogen-bond donors (Lipinski definition) is 2. The lowest BCUT2D eigenvalue weighted by atomic mass is 10.0. The summed E-state index contributed by atoms with van der Waals surface area (Å²) in [7, 11) is 1.78. The number of fused-ring (bicyclic) bond motifs is 1. The van der Waals surface area contributed by atoms with Gasteiger partial charge in [0.15, 0.2) is 5.82 Å². The van der Waals surface area contributed by atoms with Gasteiger partial charge in [0.05, 0.1) is 17.7 Å². The number of imide groups is 1. The fourth-order valence-electron chi connectivity index (χ4n) is 4.15. The molecule has 9 heteroatoms. The average Bonchev–Trinajstić information content (AvgIpc) is 3.01. The van der Waals surface area contributed by atoms with E-state index in [4.69, 9.17) is 0 Å². The van der Waals surface area contributed by atoms with E-state index >= 15 is 0 Å². The quantitative estimate of drug-likeness (QED) is 0.819. The topological polar surface area (TPSA) is 99.6 Å². The van der Waals surface area contributed by atoms with Gasteiger partial charge in [0.2, 0.25) is 11.8 Å². The molecule has 0 radical (unpaired) electrons. The highest BCUT2D eigenvalue weighted by Gasteiger charge is 2.28. The van der Waals surface area contributed by atoms with Crippen molar-refractivity contribution in [2.45, 2.75) is 38.6 Å². The molecule has 4 amide bonds. The van der Waals surface area contributed by atoms with Crippen molar-refractivity contribution in [1.29, 1.82) is 0 Å². The Morgan fingerprint density at radius 3 is 2.86 bits per heavy atom. The fraction of sp³-hybridized carbons (Fsp3) is 0.500. The Balaban J connectivity index is 1.58. The summed E-state index contributed by atoms with van der Waals surface area (Å²) in [4.78, 5) is 40.0. The van der Waals surface area contributed by atoms with Crippen molar-refractivity contribution >= 4 is 40.3 Å². The molecule has 0 saturated carbocycles. The van der Waals surface area contributed by atoms with Crippen molar-refractivity contribution in [2.24, 2.45) is 7.05 Å². The zero-order chi connectivity index (χ0) is 20.5. The van der Waals surface area contributed by atoms with Gasteiger partial charge in [0.25, 0.3) is 0 Å². The van der Waals surface area contributed by atoms with Crippen LogP contribution in [0.1, 0.15) is 32.6 Å². The number of rotatable bonds is 4. The second-order valence-electron chi connectivity index (χ2n) is 7.77. The van der Waals surface area contributed by atoms with Gasteiger partial charge in [-0.1, -0.05) is 12.5 Å². The number of nitrogens with zero attached hydrogens (tertiary/aromatic N) is 4. The number of benzene rings is 1. The highest BCUT2D eigenvalue weighted by atomic mass is 16.2. The SMILES string of the molecule is C[C@@H]1CCCCN1CC(=O)Nc1cccc2c(N3CCC(=O)NC3=O)nn(C)c12. The van der Waals surface area contributed by atoms with Gasteiger partial charge in [-0.15, -0.1) is 0 Å². The summed E-state index contributed by atoms with van der Waals surface area (Å²) in [6, 6.07) is 5.47. The molecule has 1 aromatic carbocycles. The van der Waals surface area contributed by atoms with Crippen molar-refractivity contribution in [1.82, 2.24) is 20.0 Å². The highest BCUT2D eigenvalue weighted by Crippen LogP contribution is 2.31. The maximum absolute atomic E-state index is 12.7. The highest BCUT2D eigenvalue weighted by molar-refractivity contribution is 6.11. The van der Waals surface area contributed by atoms with E-state index in [1.54, 1.807) is 11.7 Å². The van der Waals surface area contributed by atoms with Crippen LogP contribution in [0.5, 0.6) is 0 Å². The number of carbonyl (C=O) groups is 3. The molecule has 2 saturated heterocycles. The van der Waals surface area contributed by atoms with Gasteiger partial charge < -0.3 is 5.32 Å². The third-order valence-corrected chi connectivity index (χ3v) is 5.72. The van der Waals surface area contributed by atoms with E-state index in [0.717, 1.165) is 30.3 Å². The van der Waals surface area contributed by atoms with Crippen LogP contribution >= 0.6 is 0 Å². The van der Waals surface area contributed by atoms with Crippen LogP contribution in [0.25, 0.3) is 10.9 Å². The Kier molecular flexibility index (Phi) is 5.23. The van der Waals surface area contributed by atoms with E-state index < -0.39 is 6.03 Å². The number of aryl methyl sites for hydroxylation is 1. The lowest BCUT2D eigenvalue weighted by Gasteiger charge is -2.32. The Hall–Kier alpha value is -2.94. The molecule has 1 aromatic heterocycles. The largest absolute Gasteiger partial charge is 0.329 e. The second-order valence-corrected chi connectivity index (χ2v) is 7.77. The predicted molar refractivity (Wildman–Crippen MR) is 110 cm³/mol. The Morgan fingerprint density at radius 1 is 1.28 bits per heavy atom. The molecule has 0 unspecified atom stereocenters. The van der Waals surface area contributed by atoms with Crippen LogP contribution in [0.4, 0.5) is 16.3 Å². The fourth-order valence-corrected chi connectivity index (χ4v) is 4.15. The lowest BCUT2D eigenvalue weighted by Crippen LogP contribution is -2.49. The number of piperidine rings is 1. The molecule has 29 heavy (non-hydrogen) atoms. The van der Waals surface area contributed by atoms with Crippen molar-refractivity contribution in [2.75, 3.05) is 29.9 Å². The number of anilines is 2. The van der Waals surface area contributed by atoms with Gasteiger partial charge in [-0.3, -0.25) is 29.4 Å². The number of urea groups is 1. The summed E-state index contributed by atoms with van der Waals surface area (Å²) < 4.78 is 1.66. The third-order valence-electron chi connectivity index (χ3n) is 5.72. The van der Waals surface area contributed by atoms with Crippen LogP contribution in [-0.2, 0) is 16.6 Å². The molecule has 2 aliphatic rings. The number of nitrogens with one attached hydrogen (secondary N) is 2. The number of hydrogen-bond acceptors (Lipinski definition) is 5. The normalized spacial score (nSPS) is 20.8. The number of likely N-dealkylation sites (tertiary alicyclic amines) is 1. The lowest BCUT2D eigenvalue weighted by molar-refractivity contribution is -0.120. The maximum Gasteiger partial charge on any atom is 0.329 e. The molecule has 2 aliphatic heterocycles. The minimum Gasteiger partial charge on any atom is -0.323 e. The first-order chi connectivity index (χ1) is 13.9.